The highest BCUT2D eigenvalue weighted by atomic mass is 79.9. The summed E-state index contributed by atoms with van der Waals surface area (Å²) < 4.78 is 11.0. The molecule has 2 rings (SSSR count). The monoisotopic (exact) mass is 326 g/mol. The zero-order valence-corrected chi connectivity index (χ0v) is 11.6. The van der Waals surface area contributed by atoms with Gasteiger partial charge in [0.15, 0.2) is 11.5 Å². The minimum atomic E-state index is -1.12. The molecule has 0 atom stereocenters. The van der Waals surface area contributed by atoms with E-state index in [9.17, 15) is 4.79 Å². The molecule has 1 aromatic heterocycles. The standard InChI is InChI=1S/C12H11BrN2O4/c1-18-11-3-2-7(13)4-9(11)14-6-8-5-10(12(16)17)15-19-8/h2-5,14H,6H2,1H3,(H,16,17). The van der Waals surface area contributed by atoms with E-state index in [2.05, 4.69) is 26.4 Å². The number of carboxylic acid groups (broad SMARTS) is 1. The van der Waals surface area contributed by atoms with Crippen LogP contribution in [0.2, 0.25) is 0 Å². The molecule has 0 bridgehead atoms. The molecule has 0 aliphatic heterocycles. The third kappa shape index (κ3) is 3.25. The molecule has 100 valence electrons. The molecule has 0 aliphatic carbocycles. The third-order valence-corrected chi connectivity index (χ3v) is 2.89. The lowest BCUT2D eigenvalue weighted by molar-refractivity contribution is 0.0685. The molecule has 0 saturated carbocycles. The second-order valence-corrected chi connectivity index (χ2v) is 4.60. The molecule has 0 saturated heterocycles. The zero-order chi connectivity index (χ0) is 13.8. The third-order valence-electron chi connectivity index (χ3n) is 2.39. The molecule has 2 N–H and O–H groups in total. The molecule has 0 amide bonds. The van der Waals surface area contributed by atoms with Crippen LogP contribution in [0, 0.1) is 0 Å². The number of nitrogens with one attached hydrogen (secondary N) is 1. The maximum atomic E-state index is 10.7. The summed E-state index contributed by atoms with van der Waals surface area (Å²) in [4.78, 5) is 10.7. The van der Waals surface area contributed by atoms with Crippen molar-refractivity contribution in [1.29, 1.82) is 0 Å². The van der Waals surface area contributed by atoms with Crippen molar-refractivity contribution in [3.63, 3.8) is 0 Å². The average Bonchev–Trinajstić information content (AvgIpc) is 2.85. The van der Waals surface area contributed by atoms with Crippen LogP contribution in [0.1, 0.15) is 16.2 Å². The van der Waals surface area contributed by atoms with Crippen LogP contribution >= 0.6 is 15.9 Å². The van der Waals surface area contributed by atoms with Crippen LogP contribution in [0.25, 0.3) is 0 Å². The molecule has 0 fully saturated rings. The number of aromatic nitrogens is 1. The summed E-state index contributed by atoms with van der Waals surface area (Å²) in [6.45, 7) is 0.313. The van der Waals surface area contributed by atoms with E-state index in [-0.39, 0.29) is 5.69 Å². The average molecular weight is 327 g/mol. The summed E-state index contributed by atoms with van der Waals surface area (Å²) in [6.07, 6.45) is 0. The maximum Gasteiger partial charge on any atom is 0.358 e. The molecular weight excluding hydrogens is 316 g/mol. The topological polar surface area (TPSA) is 84.6 Å². The van der Waals surface area contributed by atoms with E-state index in [1.165, 1.54) is 6.07 Å². The Morgan fingerprint density at radius 1 is 1.53 bits per heavy atom. The van der Waals surface area contributed by atoms with Gasteiger partial charge in [-0.15, -0.1) is 0 Å². The lowest BCUT2D eigenvalue weighted by Gasteiger charge is -2.10. The summed E-state index contributed by atoms with van der Waals surface area (Å²) in [5.41, 5.74) is 0.656. The summed E-state index contributed by atoms with van der Waals surface area (Å²) in [7, 11) is 1.57. The van der Waals surface area contributed by atoms with E-state index in [1.807, 2.05) is 18.2 Å². The van der Waals surface area contributed by atoms with Crippen molar-refractivity contribution in [1.82, 2.24) is 5.16 Å². The molecule has 19 heavy (non-hydrogen) atoms. The van der Waals surface area contributed by atoms with E-state index in [0.717, 1.165) is 10.2 Å². The Balaban J connectivity index is 2.09. The Bertz CT molecular complexity index is 597. The number of aromatic carboxylic acids is 1. The van der Waals surface area contributed by atoms with Crippen LogP contribution in [-0.4, -0.2) is 23.3 Å². The van der Waals surface area contributed by atoms with Gasteiger partial charge in [-0.3, -0.25) is 0 Å². The van der Waals surface area contributed by atoms with Crippen molar-refractivity contribution < 1.29 is 19.2 Å². The van der Waals surface area contributed by atoms with Crippen LogP contribution in [0.5, 0.6) is 5.75 Å². The first-order chi connectivity index (χ1) is 9.10. The second-order valence-electron chi connectivity index (χ2n) is 3.68. The van der Waals surface area contributed by atoms with Gasteiger partial charge in [0.05, 0.1) is 19.3 Å². The quantitative estimate of drug-likeness (QED) is 0.878. The molecular formula is C12H11BrN2O4. The molecule has 7 heteroatoms. The summed E-state index contributed by atoms with van der Waals surface area (Å²) in [5, 5.41) is 15.3. The molecule has 2 aromatic rings. The fourth-order valence-corrected chi connectivity index (χ4v) is 1.86. The Morgan fingerprint density at radius 3 is 2.95 bits per heavy atom. The van der Waals surface area contributed by atoms with Crippen molar-refractivity contribution in [3.8, 4) is 5.75 Å². The summed E-state index contributed by atoms with van der Waals surface area (Å²) in [5.74, 6) is -0.00404. The maximum absolute atomic E-state index is 10.7. The van der Waals surface area contributed by atoms with Crippen molar-refractivity contribution in [2.75, 3.05) is 12.4 Å². The Kier molecular flexibility index (Phi) is 4.06. The SMILES string of the molecule is COc1ccc(Br)cc1NCc1cc(C(=O)O)no1. The highest BCUT2D eigenvalue weighted by Crippen LogP contribution is 2.28. The smallest absolute Gasteiger partial charge is 0.358 e. The first-order valence-electron chi connectivity index (χ1n) is 5.36. The van der Waals surface area contributed by atoms with Crippen LogP contribution in [0.3, 0.4) is 0 Å². The molecule has 1 heterocycles. The zero-order valence-electron chi connectivity index (χ0n) is 10.0. The number of ether oxygens (including phenoxy) is 1. The van der Waals surface area contributed by atoms with Crippen LogP contribution in [-0.2, 0) is 6.54 Å². The highest BCUT2D eigenvalue weighted by molar-refractivity contribution is 9.10. The number of nitrogens with zero attached hydrogens (tertiary/aromatic N) is 1. The first kappa shape index (κ1) is 13.4. The van der Waals surface area contributed by atoms with Crippen LogP contribution in [0.15, 0.2) is 33.3 Å². The Morgan fingerprint density at radius 2 is 2.32 bits per heavy atom. The van der Waals surface area contributed by atoms with Gasteiger partial charge in [-0.1, -0.05) is 21.1 Å². The lowest BCUT2D eigenvalue weighted by Crippen LogP contribution is -2.00. The van der Waals surface area contributed by atoms with Gasteiger partial charge in [0.25, 0.3) is 0 Å². The molecule has 0 spiro atoms. The van der Waals surface area contributed by atoms with Gasteiger partial charge in [0.2, 0.25) is 0 Å². The highest BCUT2D eigenvalue weighted by Gasteiger charge is 2.11. The number of hydrogen-bond acceptors (Lipinski definition) is 5. The van der Waals surface area contributed by atoms with E-state index >= 15 is 0 Å². The van der Waals surface area contributed by atoms with Crippen molar-refractivity contribution >= 4 is 27.6 Å². The number of hydrogen-bond donors (Lipinski definition) is 2. The number of carboxylic acids is 1. The van der Waals surface area contributed by atoms with Gasteiger partial charge < -0.3 is 19.7 Å². The first-order valence-corrected chi connectivity index (χ1v) is 6.15. The van der Waals surface area contributed by atoms with Crippen LogP contribution < -0.4 is 10.1 Å². The molecule has 0 radical (unpaired) electrons. The number of carbonyl (C=O) groups is 1. The minimum Gasteiger partial charge on any atom is -0.495 e. The van der Waals surface area contributed by atoms with Gasteiger partial charge in [0.1, 0.15) is 5.75 Å². The summed E-state index contributed by atoms with van der Waals surface area (Å²) in [6, 6.07) is 6.91. The van der Waals surface area contributed by atoms with Gasteiger partial charge in [0, 0.05) is 10.5 Å². The van der Waals surface area contributed by atoms with E-state index < -0.39 is 5.97 Å². The molecule has 1 aromatic carbocycles. The van der Waals surface area contributed by atoms with E-state index in [4.69, 9.17) is 14.4 Å². The fraction of sp³-hybridized carbons (Fsp3) is 0.167. The molecule has 6 nitrogen and oxygen atoms in total. The lowest BCUT2D eigenvalue weighted by atomic mass is 10.3. The second kappa shape index (κ2) is 5.75. The number of halogens is 1. The fourth-order valence-electron chi connectivity index (χ4n) is 1.50. The predicted octanol–water partition coefficient (Wildman–Crippen LogP) is 2.76. The van der Waals surface area contributed by atoms with Crippen molar-refractivity contribution in [2.24, 2.45) is 0 Å². The largest absolute Gasteiger partial charge is 0.495 e. The Labute approximate surface area is 117 Å². The summed E-state index contributed by atoms with van der Waals surface area (Å²) >= 11 is 3.37. The predicted molar refractivity (Wildman–Crippen MR) is 71.5 cm³/mol. The number of rotatable bonds is 5. The van der Waals surface area contributed by atoms with E-state index in [0.29, 0.717) is 18.1 Å². The van der Waals surface area contributed by atoms with Crippen molar-refractivity contribution in [2.45, 2.75) is 6.54 Å². The van der Waals surface area contributed by atoms with Gasteiger partial charge >= 0.3 is 5.97 Å². The van der Waals surface area contributed by atoms with Crippen molar-refractivity contribution in [3.05, 3.63) is 40.2 Å². The molecule has 0 unspecified atom stereocenters. The normalized spacial score (nSPS) is 10.2. The van der Waals surface area contributed by atoms with Gasteiger partial charge in [-0.25, -0.2) is 4.79 Å². The Hall–Kier alpha value is -2.02. The van der Waals surface area contributed by atoms with E-state index in [1.54, 1.807) is 7.11 Å². The number of benzene rings is 1. The number of methoxy groups -OCH3 is 1. The van der Waals surface area contributed by atoms with Crippen LogP contribution in [0.4, 0.5) is 5.69 Å². The van der Waals surface area contributed by atoms with Gasteiger partial charge in [-0.05, 0) is 18.2 Å². The van der Waals surface area contributed by atoms with Gasteiger partial charge in [-0.2, -0.15) is 0 Å². The molecule has 0 aliphatic rings. The minimum absolute atomic E-state index is 0.113. The number of anilines is 1.